The second-order valence-electron chi connectivity index (χ2n) is 7.23. The molecule has 2 aliphatic rings. The first-order valence-corrected chi connectivity index (χ1v) is 8.61. The van der Waals surface area contributed by atoms with E-state index in [1.54, 1.807) is 33.7 Å². The van der Waals surface area contributed by atoms with Crippen LogP contribution in [-0.4, -0.2) is 75.3 Å². The van der Waals surface area contributed by atoms with Gasteiger partial charge in [-0.05, 0) is 20.4 Å². The Balaban J connectivity index is 1.55. The molecule has 9 heteroatoms. The molecule has 9 nitrogen and oxygen atoms in total. The smallest absolute Gasteiger partial charge is 0.276 e. The van der Waals surface area contributed by atoms with Gasteiger partial charge in [-0.2, -0.15) is 5.10 Å². The van der Waals surface area contributed by atoms with Gasteiger partial charge in [-0.1, -0.05) is 5.16 Å². The topological polar surface area (TPSA) is 87.7 Å². The van der Waals surface area contributed by atoms with Crippen molar-refractivity contribution in [3.63, 3.8) is 0 Å². The number of likely N-dealkylation sites (tertiary alicyclic amines) is 1. The fourth-order valence-corrected chi connectivity index (χ4v) is 3.84. The molecule has 0 unspecified atom stereocenters. The highest BCUT2D eigenvalue weighted by molar-refractivity contribution is 5.96. The molecule has 2 aromatic heterocycles. The minimum Gasteiger partial charge on any atom is -0.361 e. The van der Waals surface area contributed by atoms with Crippen molar-refractivity contribution in [1.82, 2.24) is 24.7 Å². The zero-order valence-electron chi connectivity index (χ0n) is 15.2. The molecule has 2 aliphatic heterocycles. The summed E-state index contributed by atoms with van der Waals surface area (Å²) in [5.41, 5.74) is 0.859. The molecule has 0 saturated carbocycles. The Kier molecular flexibility index (Phi) is 3.83. The molecular formula is C17H22N6O3. The first-order valence-electron chi connectivity index (χ1n) is 8.61. The molecule has 26 heavy (non-hydrogen) atoms. The minimum atomic E-state index is -0.266. The number of hydrogen-bond acceptors (Lipinski definition) is 6. The maximum absolute atomic E-state index is 12.7. The summed E-state index contributed by atoms with van der Waals surface area (Å²) in [7, 11) is 3.78. The molecule has 0 bridgehead atoms. The highest BCUT2D eigenvalue weighted by Gasteiger charge is 2.49. The van der Waals surface area contributed by atoms with Gasteiger partial charge in [0.15, 0.2) is 5.69 Å². The van der Waals surface area contributed by atoms with Gasteiger partial charge in [0.2, 0.25) is 5.91 Å². The molecular weight excluding hydrogens is 336 g/mol. The van der Waals surface area contributed by atoms with E-state index in [1.807, 2.05) is 20.3 Å². The third-order valence-corrected chi connectivity index (χ3v) is 5.41. The Morgan fingerprint density at radius 1 is 1.31 bits per heavy atom. The van der Waals surface area contributed by atoms with Gasteiger partial charge in [-0.3, -0.25) is 19.2 Å². The van der Waals surface area contributed by atoms with Crippen molar-refractivity contribution < 1.29 is 14.1 Å². The zero-order valence-corrected chi connectivity index (χ0v) is 15.2. The van der Waals surface area contributed by atoms with Crippen LogP contribution in [0.2, 0.25) is 0 Å². The van der Waals surface area contributed by atoms with Crippen LogP contribution in [-0.2, 0) is 11.8 Å². The summed E-state index contributed by atoms with van der Waals surface area (Å²) in [6.45, 7) is 3.81. The van der Waals surface area contributed by atoms with E-state index < -0.39 is 0 Å². The van der Waals surface area contributed by atoms with Crippen LogP contribution in [0, 0.1) is 6.92 Å². The van der Waals surface area contributed by atoms with E-state index in [1.165, 1.54) is 0 Å². The normalized spacial score (nSPS) is 24.0. The van der Waals surface area contributed by atoms with Crippen molar-refractivity contribution in [2.75, 3.05) is 38.1 Å². The Morgan fingerprint density at radius 3 is 2.77 bits per heavy atom. The average Bonchev–Trinajstić information content (AvgIpc) is 3.31. The summed E-state index contributed by atoms with van der Waals surface area (Å²) in [5.74, 6) is 0.533. The van der Waals surface area contributed by atoms with Gasteiger partial charge in [0, 0.05) is 38.9 Å². The van der Waals surface area contributed by atoms with E-state index in [2.05, 4.69) is 15.2 Å². The van der Waals surface area contributed by atoms with Crippen LogP contribution in [0.25, 0.3) is 0 Å². The molecule has 2 amide bonds. The molecule has 4 heterocycles. The fourth-order valence-electron chi connectivity index (χ4n) is 3.84. The molecule has 2 saturated heterocycles. The largest absolute Gasteiger partial charge is 0.361 e. The molecule has 0 radical (unpaired) electrons. The van der Waals surface area contributed by atoms with E-state index in [0.717, 1.165) is 12.1 Å². The summed E-state index contributed by atoms with van der Waals surface area (Å²) in [6, 6.07) is 1.66. The molecule has 2 aromatic rings. The Labute approximate surface area is 151 Å². The second kappa shape index (κ2) is 5.94. The number of likely N-dealkylation sites (N-methyl/N-ethyl adjacent to an activating group) is 1. The molecule has 0 N–H and O–H groups in total. The Morgan fingerprint density at radius 2 is 2.12 bits per heavy atom. The molecule has 4 rings (SSSR count). The lowest BCUT2D eigenvalue weighted by atomic mass is 9.93. The lowest BCUT2D eigenvalue weighted by molar-refractivity contribution is -0.123. The number of amides is 2. The van der Waals surface area contributed by atoms with Crippen LogP contribution >= 0.6 is 0 Å². The number of rotatable bonds is 2. The van der Waals surface area contributed by atoms with E-state index >= 15 is 0 Å². The third kappa shape index (κ3) is 2.68. The van der Waals surface area contributed by atoms with Crippen molar-refractivity contribution in [1.29, 1.82) is 0 Å². The maximum Gasteiger partial charge on any atom is 0.276 e. The number of carbonyl (C=O) groups is 2. The lowest BCUT2D eigenvalue weighted by Crippen LogP contribution is -2.64. The zero-order chi connectivity index (χ0) is 18.5. The van der Waals surface area contributed by atoms with Crippen molar-refractivity contribution >= 4 is 17.5 Å². The highest BCUT2D eigenvalue weighted by Crippen LogP contribution is 2.33. The fraction of sp³-hybridized carbons (Fsp3) is 0.529. The summed E-state index contributed by atoms with van der Waals surface area (Å²) in [5, 5.41) is 8.01. The monoisotopic (exact) mass is 358 g/mol. The minimum absolute atomic E-state index is 0.0445. The van der Waals surface area contributed by atoms with Crippen molar-refractivity contribution in [3.8, 4) is 0 Å². The number of anilines is 1. The number of nitrogens with zero attached hydrogens (tertiary/aromatic N) is 6. The summed E-state index contributed by atoms with van der Waals surface area (Å²) >= 11 is 0. The van der Waals surface area contributed by atoms with Gasteiger partial charge in [0.25, 0.3) is 5.91 Å². The second-order valence-corrected chi connectivity index (χ2v) is 7.23. The van der Waals surface area contributed by atoms with Crippen LogP contribution in [0.1, 0.15) is 22.7 Å². The number of aromatic nitrogens is 3. The summed E-state index contributed by atoms with van der Waals surface area (Å²) in [6.07, 6.45) is 4.34. The van der Waals surface area contributed by atoms with Crippen LogP contribution in [0.5, 0.6) is 0 Å². The predicted octanol–water partition coefficient (Wildman–Crippen LogP) is 0.280. The molecule has 1 atom stereocenters. The summed E-state index contributed by atoms with van der Waals surface area (Å²) < 4.78 is 6.71. The summed E-state index contributed by atoms with van der Waals surface area (Å²) in [4.78, 5) is 30.9. The van der Waals surface area contributed by atoms with Crippen molar-refractivity contribution in [2.24, 2.45) is 7.05 Å². The lowest BCUT2D eigenvalue weighted by Gasteiger charge is -2.46. The first-order chi connectivity index (χ1) is 12.4. The Bertz CT molecular complexity index is 858. The van der Waals surface area contributed by atoms with Gasteiger partial charge in [0.05, 0.1) is 24.0 Å². The van der Waals surface area contributed by atoms with Gasteiger partial charge in [-0.15, -0.1) is 0 Å². The van der Waals surface area contributed by atoms with Gasteiger partial charge in [-0.25, -0.2) is 0 Å². The molecule has 2 fully saturated rings. The number of piperazine rings is 1. The molecule has 0 aromatic carbocycles. The number of carbonyl (C=O) groups excluding carboxylic acids is 2. The Hall–Kier alpha value is -2.68. The maximum atomic E-state index is 12.7. The van der Waals surface area contributed by atoms with E-state index in [-0.39, 0.29) is 17.4 Å². The van der Waals surface area contributed by atoms with E-state index in [9.17, 15) is 9.59 Å². The predicted molar refractivity (Wildman–Crippen MR) is 92.7 cm³/mol. The SMILES string of the molecule is Cc1cc(C(=O)N2CC[C@@]3(C2)CN(c2cnn(C)c2)C(=O)CN3C)no1. The van der Waals surface area contributed by atoms with E-state index in [4.69, 9.17) is 4.52 Å². The van der Waals surface area contributed by atoms with Crippen molar-refractivity contribution in [2.45, 2.75) is 18.9 Å². The van der Waals surface area contributed by atoms with Gasteiger partial charge in [0.1, 0.15) is 5.76 Å². The van der Waals surface area contributed by atoms with Crippen LogP contribution in [0.3, 0.4) is 0 Å². The molecule has 1 spiro atoms. The van der Waals surface area contributed by atoms with Gasteiger partial charge < -0.3 is 14.3 Å². The van der Waals surface area contributed by atoms with Gasteiger partial charge >= 0.3 is 0 Å². The van der Waals surface area contributed by atoms with Crippen LogP contribution in [0.15, 0.2) is 23.0 Å². The van der Waals surface area contributed by atoms with Crippen molar-refractivity contribution in [3.05, 3.63) is 29.9 Å². The number of aryl methyl sites for hydroxylation is 2. The van der Waals surface area contributed by atoms with E-state index in [0.29, 0.717) is 37.6 Å². The van der Waals surface area contributed by atoms with Crippen LogP contribution < -0.4 is 4.90 Å². The standard InChI is InChI=1S/C17H22N6O3/c1-12-6-14(19-26-12)16(25)22-5-4-17(10-22)11-23(15(24)9-20(17)2)13-7-18-21(3)8-13/h6-8H,4-5,9-11H2,1-3H3/t17-/m1/s1. The highest BCUT2D eigenvalue weighted by atomic mass is 16.5. The quantitative estimate of drug-likeness (QED) is 0.766. The third-order valence-electron chi connectivity index (χ3n) is 5.41. The average molecular weight is 358 g/mol. The molecule has 0 aliphatic carbocycles. The molecule has 138 valence electrons. The van der Waals surface area contributed by atoms with Crippen LogP contribution in [0.4, 0.5) is 5.69 Å². The number of hydrogen-bond donors (Lipinski definition) is 0. The first kappa shape index (κ1) is 16.8.